The van der Waals surface area contributed by atoms with E-state index in [0.29, 0.717) is 18.8 Å². The van der Waals surface area contributed by atoms with Crippen LogP contribution in [0.5, 0.6) is 0 Å². The molecule has 0 aromatic heterocycles. The Kier molecular flexibility index (Phi) is 4.84. The first kappa shape index (κ1) is 15.8. The van der Waals surface area contributed by atoms with Crippen LogP contribution in [0, 0.1) is 5.92 Å². The minimum absolute atomic E-state index is 0.0300. The lowest BCUT2D eigenvalue weighted by Gasteiger charge is -2.16. The van der Waals surface area contributed by atoms with Crippen molar-refractivity contribution in [2.75, 3.05) is 20.3 Å². The number of likely N-dealkylation sites (N-methyl/N-ethyl adjacent to an activating group) is 1. The van der Waals surface area contributed by atoms with Crippen LogP contribution in [0.3, 0.4) is 0 Å². The molecule has 1 aliphatic heterocycles. The molecule has 116 valence electrons. The lowest BCUT2D eigenvalue weighted by atomic mass is 10.0. The molecule has 1 aromatic rings. The van der Waals surface area contributed by atoms with E-state index in [9.17, 15) is 18.0 Å². The molecular weight excluding hydrogens is 285 g/mol. The Bertz CT molecular complexity index is 488. The van der Waals surface area contributed by atoms with Crippen LogP contribution in [-0.4, -0.2) is 32.2 Å². The van der Waals surface area contributed by atoms with Crippen LogP contribution in [-0.2, 0) is 22.3 Å². The van der Waals surface area contributed by atoms with Crippen molar-refractivity contribution in [3.63, 3.8) is 0 Å². The molecule has 0 saturated carbocycles. The number of nitrogens with one attached hydrogen (secondary N) is 2. The third-order valence-electron chi connectivity index (χ3n) is 3.54. The summed E-state index contributed by atoms with van der Waals surface area (Å²) >= 11 is 0. The van der Waals surface area contributed by atoms with E-state index in [4.69, 9.17) is 4.74 Å². The molecule has 2 N–H and O–H groups in total. The molecule has 4 nitrogen and oxygen atoms in total. The SMILES string of the molecule is CNC1COCC1C(=O)NCc1ccc(C(F)(F)F)cc1. The van der Waals surface area contributed by atoms with Gasteiger partial charge in [0.15, 0.2) is 0 Å². The van der Waals surface area contributed by atoms with E-state index >= 15 is 0 Å². The summed E-state index contributed by atoms with van der Waals surface area (Å²) in [5, 5.41) is 5.73. The molecule has 2 rings (SSSR count). The van der Waals surface area contributed by atoms with Gasteiger partial charge in [0.1, 0.15) is 0 Å². The summed E-state index contributed by atoms with van der Waals surface area (Å²) in [5.41, 5.74) is -0.0757. The van der Waals surface area contributed by atoms with Gasteiger partial charge in [-0.3, -0.25) is 4.79 Å². The van der Waals surface area contributed by atoms with Crippen LogP contribution in [0.1, 0.15) is 11.1 Å². The summed E-state index contributed by atoms with van der Waals surface area (Å²) < 4.78 is 42.5. The predicted octanol–water partition coefficient (Wildman–Crippen LogP) is 1.56. The molecule has 1 amide bonds. The Labute approximate surface area is 120 Å². The maximum Gasteiger partial charge on any atom is 0.416 e. The fourth-order valence-corrected chi connectivity index (χ4v) is 2.23. The highest BCUT2D eigenvalue weighted by atomic mass is 19.4. The van der Waals surface area contributed by atoms with Gasteiger partial charge in [0.25, 0.3) is 0 Å². The highest BCUT2D eigenvalue weighted by Crippen LogP contribution is 2.29. The van der Waals surface area contributed by atoms with Gasteiger partial charge in [0.05, 0.1) is 24.7 Å². The predicted molar refractivity (Wildman–Crippen MR) is 70.4 cm³/mol. The summed E-state index contributed by atoms with van der Waals surface area (Å²) in [6.07, 6.45) is -4.34. The van der Waals surface area contributed by atoms with E-state index in [1.54, 1.807) is 7.05 Å². The average molecular weight is 302 g/mol. The lowest BCUT2D eigenvalue weighted by Crippen LogP contribution is -2.42. The fraction of sp³-hybridized carbons (Fsp3) is 0.500. The molecular formula is C14H17F3N2O2. The number of benzene rings is 1. The first-order chi connectivity index (χ1) is 9.91. The number of hydrogen-bond donors (Lipinski definition) is 2. The summed E-state index contributed by atoms with van der Waals surface area (Å²) in [5.74, 6) is -0.434. The number of alkyl halides is 3. The van der Waals surface area contributed by atoms with Crippen molar-refractivity contribution in [3.05, 3.63) is 35.4 Å². The van der Waals surface area contributed by atoms with E-state index in [-0.39, 0.29) is 24.4 Å². The van der Waals surface area contributed by atoms with Crippen molar-refractivity contribution in [1.29, 1.82) is 0 Å². The van der Waals surface area contributed by atoms with Gasteiger partial charge in [-0.2, -0.15) is 13.2 Å². The Morgan fingerprint density at radius 2 is 1.95 bits per heavy atom. The number of halogens is 3. The summed E-state index contributed by atoms with van der Waals surface area (Å²) in [6.45, 7) is 1.03. The summed E-state index contributed by atoms with van der Waals surface area (Å²) in [4.78, 5) is 12.0. The summed E-state index contributed by atoms with van der Waals surface area (Å²) in [6, 6.07) is 4.72. The van der Waals surface area contributed by atoms with Gasteiger partial charge in [-0.25, -0.2) is 0 Å². The molecule has 7 heteroatoms. The number of ether oxygens (including phenoxy) is 1. The molecule has 21 heavy (non-hydrogen) atoms. The van der Waals surface area contributed by atoms with Crippen LogP contribution in [0.2, 0.25) is 0 Å². The topological polar surface area (TPSA) is 50.4 Å². The van der Waals surface area contributed by atoms with Crippen LogP contribution in [0.4, 0.5) is 13.2 Å². The van der Waals surface area contributed by atoms with E-state index in [0.717, 1.165) is 12.1 Å². The monoisotopic (exact) mass is 302 g/mol. The van der Waals surface area contributed by atoms with Gasteiger partial charge < -0.3 is 15.4 Å². The smallest absolute Gasteiger partial charge is 0.379 e. The number of hydrogen-bond acceptors (Lipinski definition) is 3. The van der Waals surface area contributed by atoms with E-state index in [2.05, 4.69) is 10.6 Å². The highest BCUT2D eigenvalue weighted by molar-refractivity contribution is 5.79. The minimum atomic E-state index is -4.34. The first-order valence-corrected chi connectivity index (χ1v) is 6.60. The van der Waals surface area contributed by atoms with E-state index in [1.807, 2.05) is 0 Å². The largest absolute Gasteiger partial charge is 0.416 e. The zero-order valence-corrected chi connectivity index (χ0v) is 11.5. The van der Waals surface area contributed by atoms with Crippen LogP contribution >= 0.6 is 0 Å². The van der Waals surface area contributed by atoms with Gasteiger partial charge in [-0.15, -0.1) is 0 Å². The third kappa shape index (κ3) is 3.95. The normalized spacial score (nSPS) is 22.3. The van der Waals surface area contributed by atoms with Gasteiger partial charge in [0, 0.05) is 12.6 Å². The molecule has 1 fully saturated rings. The quantitative estimate of drug-likeness (QED) is 0.887. The summed E-state index contributed by atoms with van der Waals surface area (Å²) in [7, 11) is 1.76. The Balaban J connectivity index is 1.89. The van der Waals surface area contributed by atoms with Crippen molar-refractivity contribution in [3.8, 4) is 0 Å². The molecule has 2 unspecified atom stereocenters. The molecule has 0 bridgehead atoms. The first-order valence-electron chi connectivity index (χ1n) is 6.60. The lowest BCUT2D eigenvalue weighted by molar-refractivity contribution is -0.137. The number of carbonyl (C=O) groups is 1. The maximum absolute atomic E-state index is 12.4. The number of carbonyl (C=O) groups excluding carboxylic acids is 1. The van der Waals surface area contributed by atoms with Crippen molar-refractivity contribution in [1.82, 2.24) is 10.6 Å². The van der Waals surface area contributed by atoms with E-state index < -0.39 is 11.7 Å². The number of rotatable bonds is 4. The van der Waals surface area contributed by atoms with Crippen LogP contribution in [0.25, 0.3) is 0 Å². The third-order valence-corrected chi connectivity index (χ3v) is 3.54. The van der Waals surface area contributed by atoms with Gasteiger partial charge in [-0.1, -0.05) is 12.1 Å². The molecule has 0 radical (unpaired) electrons. The molecule has 1 heterocycles. The second kappa shape index (κ2) is 6.44. The highest BCUT2D eigenvalue weighted by Gasteiger charge is 2.33. The van der Waals surface area contributed by atoms with Crippen LogP contribution in [0.15, 0.2) is 24.3 Å². The standard InChI is InChI=1S/C14H17F3N2O2/c1-18-12-8-21-7-11(12)13(20)19-6-9-2-4-10(5-3-9)14(15,16)17/h2-5,11-12,18H,6-8H2,1H3,(H,19,20). The fourth-order valence-electron chi connectivity index (χ4n) is 2.23. The zero-order valence-electron chi connectivity index (χ0n) is 11.5. The second-order valence-corrected chi connectivity index (χ2v) is 4.95. The Morgan fingerprint density at radius 3 is 2.52 bits per heavy atom. The van der Waals surface area contributed by atoms with Crippen LogP contribution < -0.4 is 10.6 Å². The number of amides is 1. The maximum atomic E-state index is 12.4. The van der Waals surface area contributed by atoms with Crippen molar-refractivity contribution in [2.45, 2.75) is 18.8 Å². The average Bonchev–Trinajstić information content (AvgIpc) is 2.92. The van der Waals surface area contributed by atoms with Gasteiger partial charge in [0.2, 0.25) is 5.91 Å². The molecule has 1 aromatic carbocycles. The molecule has 2 atom stereocenters. The van der Waals surface area contributed by atoms with E-state index in [1.165, 1.54) is 12.1 Å². The van der Waals surface area contributed by atoms with Crippen molar-refractivity contribution in [2.24, 2.45) is 5.92 Å². The minimum Gasteiger partial charge on any atom is -0.379 e. The second-order valence-electron chi connectivity index (χ2n) is 4.95. The zero-order chi connectivity index (χ0) is 15.5. The molecule has 0 spiro atoms. The Morgan fingerprint density at radius 1 is 1.29 bits per heavy atom. The van der Waals surface area contributed by atoms with Crippen molar-refractivity contribution >= 4 is 5.91 Å². The van der Waals surface area contributed by atoms with Crippen molar-refractivity contribution < 1.29 is 22.7 Å². The van der Waals surface area contributed by atoms with Gasteiger partial charge in [-0.05, 0) is 24.7 Å². The molecule has 0 aliphatic carbocycles. The van der Waals surface area contributed by atoms with Gasteiger partial charge >= 0.3 is 6.18 Å². The molecule has 1 saturated heterocycles. The molecule has 1 aliphatic rings. The Hall–Kier alpha value is -1.60.